The number of ether oxygens (including phenoxy) is 1. The fraction of sp³-hybridized carbons (Fsp3) is 0.375. The monoisotopic (exact) mass is 690 g/mol. The van der Waals surface area contributed by atoms with Gasteiger partial charge in [-0.25, -0.2) is 8.42 Å². The molecule has 0 saturated heterocycles. The van der Waals surface area contributed by atoms with Crippen molar-refractivity contribution in [2.24, 2.45) is 0 Å². The average molecular weight is 692 g/mol. The molecule has 0 radical (unpaired) electrons. The standard InChI is InChI=1S/C32H36Cl2N4O7S/c1-21-13-15-26(18-28(21)38(41)42)46(43,44)37(29-17-24(33)14-16-30(29)45-3)20-31(39)36(19-23-9-7-8-12-27(23)34)22(2)32(40)35-25-10-5-4-6-11-25/h7-9,12-18,22,25H,4-6,10-11,19-20H2,1-3H3,(H,35,40)/t22-/m0/s1. The molecule has 1 atom stereocenters. The van der Waals surface area contributed by atoms with Crippen LogP contribution in [0.5, 0.6) is 5.75 Å². The number of nitrogens with one attached hydrogen (secondary N) is 1. The zero-order chi connectivity index (χ0) is 33.6. The smallest absolute Gasteiger partial charge is 0.273 e. The van der Waals surface area contributed by atoms with Gasteiger partial charge in [-0.15, -0.1) is 0 Å². The van der Waals surface area contributed by atoms with Crippen LogP contribution in [0.4, 0.5) is 11.4 Å². The highest BCUT2D eigenvalue weighted by atomic mass is 35.5. The van der Waals surface area contributed by atoms with Crippen molar-refractivity contribution in [1.29, 1.82) is 0 Å². The molecule has 46 heavy (non-hydrogen) atoms. The molecule has 3 aromatic carbocycles. The number of nitrogens with zero attached hydrogens (tertiary/aromatic N) is 3. The predicted molar refractivity (Wildman–Crippen MR) is 177 cm³/mol. The van der Waals surface area contributed by atoms with Gasteiger partial charge in [0, 0.05) is 34.3 Å². The molecular formula is C32H36Cl2N4O7S. The lowest BCUT2D eigenvalue weighted by Gasteiger charge is -2.33. The highest BCUT2D eigenvalue weighted by Gasteiger charge is 2.35. The number of nitro groups is 1. The van der Waals surface area contributed by atoms with Crippen LogP contribution in [0, 0.1) is 17.0 Å². The summed E-state index contributed by atoms with van der Waals surface area (Å²) in [6.45, 7) is 2.19. The molecular weight excluding hydrogens is 655 g/mol. The largest absolute Gasteiger partial charge is 0.495 e. The highest BCUT2D eigenvalue weighted by Crippen LogP contribution is 2.36. The number of carbonyl (C=O) groups is 2. The summed E-state index contributed by atoms with van der Waals surface area (Å²) in [5.41, 5.74) is 0.344. The van der Waals surface area contributed by atoms with Crippen LogP contribution in [-0.4, -0.2) is 55.8 Å². The molecule has 1 N–H and O–H groups in total. The third-order valence-electron chi connectivity index (χ3n) is 8.07. The SMILES string of the molecule is COc1ccc(Cl)cc1N(CC(=O)N(Cc1ccccc1Cl)[C@@H](C)C(=O)NC1CCCCC1)S(=O)(=O)c1ccc(C)c([N+](=O)[O-])c1. The molecule has 246 valence electrons. The topological polar surface area (TPSA) is 139 Å². The number of benzene rings is 3. The molecule has 0 unspecified atom stereocenters. The van der Waals surface area contributed by atoms with E-state index in [9.17, 15) is 28.1 Å². The van der Waals surface area contributed by atoms with Gasteiger partial charge in [0.05, 0.1) is 22.6 Å². The Kier molecular flexibility index (Phi) is 11.5. The first kappa shape index (κ1) is 35.0. The van der Waals surface area contributed by atoms with E-state index in [1.807, 2.05) is 0 Å². The van der Waals surface area contributed by atoms with Crippen molar-refractivity contribution in [1.82, 2.24) is 10.2 Å². The van der Waals surface area contributed by atoms with Gasteiger partial charge in [0.25, 0.3) is 15.7 Å². The number of carbonyl (C=O) groups excluding carboxylic acids is 2. The van der Waals surface area contributed by atoms with E-state index in [2.05, 4.69) is 5.32 Å². The van der Waals surface area contributed by atoms with Gasteiger partial charge >= 0.3 is 0 Å². The van der Waals surface area contributed by atoms with Crippen LogP contribution in [0.15, 0.2) is 65.6 Å². The van der Waals surface area contributed by atoms with E-state index in [1.165, 1.54) is 49.3 Å². The Hall–Kier alpha value is -3.87. The Morgan fingerprint density at radius 1 is 1.07 bits per heavy atom. The summed E-state index contributed by atoms with van der Waals surface area (Å²) in [5, 5.41) is 15.3. The van der Waals surface area contributed by atoms with E-state index in [4.69, 9.17) is 27.9 Å². The van der Waals surface area contributed by atoms with Gasteiger partial charge in [-0.1, -0.05) is 66.7 Å². The van der Waals surface area contributed by atoms with Gasteiger partial charge in [0.15, 0.2) is 0 Å². The first-order valence-corrected chi connectivity index (χ1v) is 17.0. The number of halogens is 2. The number of hydrogen-bond acceptors (Lipinski definition) is 7. The van der Waals surface area contributed by atoms with E-state index >= 15 is 0 Å². The first-order chi connectivity index (χ1) is 21.8. The lowest BCUT2D eigenvalue weighted by molar-refractivity contribution is -0.385. The number of hydrogen-bond donors (Lipinski definition) is 1. The predicted octanol–water partition coefficient (Wildman–Crippen LogP) is 6.28. The van der Waals surface area contributed by atoms with E-state index in [0.717, 1.165) is 42.5 Å². The number of rotatable bonds is 12. The number of aryl methyl sites for hydroxylation is 1. The van der Waals surface area contributed by atoms with Gasteiger partial charge in [-0.3, -0.25) is 24.0 Å². The molecule has 0 aliphatic heterocycles. The van der Waals surface area contributed by atoms with Crippen LogP contribution in [0.3, 0.4) is 0 Å². The second-order valence-electron chi connectivity index (χ2n) is 11.2. The molecule has 0 aromatic heterocycles. The molecule has 11 nitrogen and oxygen atoms in total. The number of methoxy groups -OCH3 is 1. The Labute approximate surface area is 278 Å². The maximum atomic E-state index is 14.3. The maximum Gasteiger partial charge on any atom is 0.273 e. The molecule has 0 spiro atoms. The highest BCUT2D eigenvalue weighted by molar-refractivity contribution is 7.92. The number of nitro benzene ring substituents is 1. The van der Waals surface area contributed by atoms with Crippen LogP contribution in [0.25, 0.3) is 0 Å². The van der Waals surface area contributed by atoms with Crippen LogP contribution < -0.4 is 14.4 Å². The van der Waals surface area contributed by atoms with Gasteiger partial charge in [0.1, 0.15) is 18.3 Å². The van der Waals surface area contributed by atoms with Gasteiger partial charge in [-0.2, -0.15) is 0 Å². The van der Waals surface area contributed by atoms with Crippen molar-refractivity contribution >= 4 is 56.4 Å². The molecule has 0 heterocycles. The lowest BCUT2D eigenvalue weighted by atomic mass is 9.95. The summed E-state index contributed by atoms with van der Waals surface area (Å²) in [6.07, 6.45) is 4.75. The second-order valence-corrected chi connectivity index (χ2v) is 13.9. The molecule has 1 aliphatic carbocycles. The van der Waals surface area contributed by atoms with Crippen LogP contribution in [0.2, 0.25) is 10.0 Å². The van der Waals surface area contributed by atoms with Crippen molar-refractivity contribution in [3.63, 3.8) is 0 Å². The number of amides is 2. The molecule has 1 fully saturated rings. The Bertz CT molecular complexity index is 1710. The molecule has 1 aliphatic rings. The van der Waals surface area contributed by atoms with Crippen molar-refractivity contribution in [3.05, 3.63) is 92.0 Å². The van der Waals surface area contributed by atoms with Crippen molar-refractivity contribution in [2.75, 3.05) is 18.0 Å². The zero-order valence-electron chi connectivity index (χ0n) is 25.7. The third-order valence-corrected chi connectivity index (χ3v) is 10.4. The van der Waals surface area contributed by atoms with Gasteiger partial charge in [0.2, 0.25) is 11.8 Å². The fourth-order valence-corrected chi connectivity index (χ4v) is 7.21. The summed E-state index contributed by atoms with van der Waals surface area (Å²) in [7, 11) is -3.31. The zero-order valence-corrected chi connectivity index (χ0v) is 28.1. The summed E-state index contributed by atoms with van der Waals surface area (Å²) in [4.78, 5) is 39.7. The first-order valence-electron chi connectivity index (χ1n) is 14.8. The van der Waals surface area contributed by atoms with E-state index in [0.29, 0.717) is 10.6 Å². The molecule has 14 heteroatoms. The molecule has 3 aromatic rings. The Balaban J connectivity index is 1.78. The number of sulfonamides is 1. The second kappa shape index (κ2) is 15.1. The minimum atomic E-state index is -4.64. The van der Waals surface area contributed by atoms with Crippen molar-refractivity contribution in [3.8, 4) is 5.75 Å². The quantitative estimate of drug-likeness (QED) is 0.174. The van der Waals surface area contributed by atoms with Crippen LogP contribution >= 0.6 is 23.2 Å². The minimum absolute atomic E-state index is 0.0223. The molecule has 1 saturated carbocycles. The van der Waals surface area contributed by atoms with E-state index < -0.39 is 44.0 Å². The van der Waals surface area contributed by atoms with E-state index in [1.54, 1.807) is 31.2 Å². The summed E-state index contributed by atoms with van der Waals surface area (Å²) < 4.78 is 34.8. The normalized spacial score (nSPS) is 14.3. The molecule has 4 rings (SSSR count). The fourth-order valence-electron chi connectivity index (χ4n) is 5.41. The lowest BCUT2D eigenvalue weighted by Crippen LogP contribution is -2.53. The summed E-state index contributed by atoms with van der Waals surface area (Å²) in [5.74, 6) is -1.02. The van der Waals surface area contributed by atoms with Gasteiger partial charge < -0.3 is 15.0 Å². The van der Waals surface area contributed by atoms with E-state index in [-0.39, 0.29) is 40.5 Å². The summed E-state index contributed by atoms with van der Waals surface area (Å²) >= 11 is 12.7. The van der Waals surface area contributed by atoms with Crippen molar-refractivity contribution in [2.45, 2.75) is 69.5 Å². The minimum Gasteiger partial charge on any atom is -0.495 e. The number of anilines is 1. The van der Waals surface area contributed by atoms with Gasteiger partial charge in [-0.05, 0) is 62.6 Å². The van der Waals surface area contributed by atoms with Crippen LogP contribution in [-0.2, 0) is 26.2 Å². The third kappa shape index (κ3) is 8.09. The molecule has 0 bridgehead atoms. The summed E-state index contributed by atoms with van der Waals surface area (Å²) in [6, 6.07) is 13.6. The van der Waals surface area contributed by atoms with Crippen molar-refractivity contribution < 1.29 is 27.7 Å². The maximum absolute atomic E-state index is 14.3. The Morgan fingerprint density at radius 3 is 2.41 bits per heavy atom. The average Bonchev–Trinajstić information content (AvgIpc) is 3.03. The Morgan fingerprint density at radius 2 is 1.76 bits per heavy atom. The molecule has 2 amide bonds. The van der Waals surface area contributed by atoms with Crippen LogP contribution in [0.1, 0.15) is 50.2 Å².